The molecule has 152 valence electrons. The topological polar surface area (TPSA) is 65.4 Å². The lowest BCUT2D eigenvalue weighted by atomic mass is 9.95. The quantitative estimate of drug-likeness (QED) is 0.777. The molecule has 0 spiro atoms. The van der Waals surface area contributed by atoms with Crippen LogP contribution in [0, 0.1) is 17.2 Å². The van der Waals surface area contributed by atoms with Crippen molar-refractivity contribution in [3.8, 4) is 11.8 Å². The van der Waals surface area contributed by atoms with Gasteiger partial charge in [0.2, 0.25) is 0 Å². The maximum Gasteiger partial charge on any atom is 0.260 e. The first kappa shape index (κ1) is 20.9. The number of piperidine rings is 1. The first-order valence-electron chi connectivity index (χ1n) is 10.3. The van der Waals surface area contributed by atoms with Gasteiger partial charge in [-0.05, 0) is 56.5 Å². The molecular weight excluding hydrogens is 362 g/mol. The van der Waals surface area contributed by atoms with Crippen LogP contribution in [0.15, 0.2) is 54.6 Å². The lowest BCUT2D eigenvalue weighted by molar-refractivity contribution is -0.127. The molecule has 2 aromatic carbocycles. The molecule has 5 nitrogen and oxygen atoms in total. The zero-order valence-electron chi connectivity index (χ0n) is 17.2. The predicted molar refractivity (Wildman–Crippen MR) is 113 cm³/mol. The highest BCUT2D eigenvalue weighted by molar-refractivity contribution is 5.80. The number of likely N-dealkylation sites (tertiary alicyclic amines) is 1. The Bertz CT molecular complexity index is 839. The van der Waals surface area contributed by atoms with Crippen molar-refractivity contribution in [2.45, 2.75) is 38.8 Å². The fraction of sp³-hybridized carbons (Fsp3) is 0.417. The third-order valence-corrected chi connectivity index (χ3v) is 5.59. The summed E-state index contributed by atoms with van der Waals surface area (Å²) in [6.45, 7) is 6.62. The molecule has 0 aromatic heterocycles. The van der Waals surface area contributed by atoms with E-state index in [0.29, 0.717) is 17.9 Å². The molecule has 2 unspecified atom stereocenters. The van der Waals surface area contributed by atoms with Crippen molar-refractivity contribution >= 4 is 5.91 Å². The lowest BCUT2D eigenvalue weighted by Crippen LogP contribution is -2.44. The van der Waals surface area contributed by atoms with Crippen LogP contribution in [0.3, 0.4) is 0 Å². The minimum Gasteiger partial charge on any atom is -0.480 e. The second-order valence-corrected chi connectivity index (χ2v) is 7.76. The molecule has 5 heteroatoms. The summed E-state index contributed by atoms with van der Waals surface area (Å²) in [7, 11) is 0. The van der Waals surface area contributed by atoms with Gasteiger partial charge >= 0.3 is 0 Å². The lowest BCUT2D eigenvalue weighted by Gasteiger charge is -2.37. The third kappa shape index (κ3) is 5.58. The molecule has 0 aliphatic carbocycles. The van der Waals surface area contributed by atoms with Crippen molar-refractivity contribution in [2.24, 2.45) is 5.92 Å². The molecule has 0 bridgehead atoms. The van der Waals surface area contributed by atoms with Gasteiger partial charge in [0, 0.05) is 6.54 Å². The van der Waals surface area contributed by atoms with Crippen LogP contribution in [0.25, 0.3) is 0 Å². The summed E-state index contributed by atoms with van der Waals surface area (Å²) >= 11 is 0. The monoisotopic (exact) mass is 391 g/mol. The van der Waals surface area contributed by atoms with Gasteiger partial charge in [0.1, 0.15) is 11.8 Å². The smallest absolute Gasteiger partial charge is 0.260 e. The SMILES string of the molecule is CC1CCN(C(CNC(=O)C(C)Oc2ccccc2C#N)c2ccccc2)CC1. The molecule has 1 fully saturated rings. The first-order valence-corrected chi connectivity index (χ1v) is 10.3. The maximum atomic E-state index is 12.7. The van der Waals surface area contributed by atoms with Crippen LogP contribution in [0.5, 0.6) is 5.75 Å². The summed E-state index contributed by atoms with van der Waals surface area (Å²) in [6.07, 6.45) is 1.69. The standard InChI is InChI=1S/C24H29N3O2/c1-18-12-14-27(15-13-18)22(20-8-4-3-5-9-20)17-26-24(28)19(2)29-23-11-7-6-10-21(23)16-25/h3-11,18-19,22H,12-15,17H2,1-2H3,(H,26,28). The van der Waals surface area contributed by atoms with Gasteiger partial charge in [-0.15, -0.1) is 0 Å². The Morgan fingerprint density at radius 2 is 1.83 bits per heavy atom. The molecule has 2 aromatic rings. The van der Waals surface area contributed by atoms with Gasteiger partial charge in [-0.25, -0.2) is 0 Å². The van der Waals surface area contributed by atoms with Gasteiger partial charge in [-0.3, -0.25) is 9.69 Å². The average Bonchev–Trinajstić information content (AvgIpc) is 2.76. The number of carbonyl (C=O) groups is 1. The number of hydrogen-bond acceptors (Lipinski definition) is 4. The molecule has 1 aliphatic heterocycles. The Morgan fingerprint density at radius 1 is 1.17 bits per heavy atom. The second kappa shape index (κ2) is 10.1. The fourth-order valence-electron chi connectivity index (χ4n) is 3.72. The fourth-order valence-corrected chi connectivity index (χ4v) is 3.72. The van der Waals surface area contributed by atoms with Crippen molar-refractivity contribution in [1.82, 2.24) is 10.2 Å². The van der Waals surface area contributed by atoms with Crippen LogP contribution in [0.4, 0.5) is 0 Å². The number of nitrogens with zero attached hydrogens (tertiary/aromatic N) is 2. The molecule has 0 saturated carbocycles. The van der Waals surface area contributed by atoms with E-state index in [9.17, 15) is 10.1 Å². The number of carbonyl (C=O) groups excluding carboxylic acids is 1. The average molecular weight is 392 g/mol. The number of amides is 1. The van der Waals surface area contributed by atoms with Gasteiger partial charge in [-0.1, -0.05) is 49.4 Å². The van der Waals surface area contributed by atoms with Gasteiger partial charge in [0.15, 0.2) is 6.10 Å². The van der Waals surface area contributed by atoms with E-state index in [2.05, 4.69) is 35.3 Å². The number of nitriles is 1. The molecule has 1 heterocycles. The Labute approximate surface area is 173 Å². The van der Waals surface area contributed by atoms with E-state index in [1.165, 1.54) is 18.4 Å². The number of benzene rings is 2. The Balaban J connectivity index is 1.64. The second-order valence-electron chi connectivity index (χ2n) is 7.76. The minimum atomic E-state index is -0.678. The first-order chi connectivity index (χ1) is 14.1. The van der Waals surface area contributed by atoms with Crippen LogP contribution in [-0.2, 0) is 4.79 Å². The highest BCUT2D eigenvalue weighted by Gasteiger charge is 2.26. The van der Waals surface area contributed by atoms with E-state index in [-0.39, 0.29) is 11.9 Å². The number of para-hydroxylation sites is 1. The van der Waals surface area contributed by atoms with Crippen LogP contribution in [-0.4, -0.2) is 36.5 Å². The Kier molecular flexibility index (Phi) is 7.26. The van der Waals surface area contributed by atoms with Crippen LogP contribution >= 0.6 is 0 Å². The molecule has 2 atom stereocenters. The Hall–Kier alpha value is -2.84. The highest BCUT2D eigenvalue weighted by atomic mass is 16.5. The van der Waals surface area contributed by atoms with E-state index in [4.69, 9.17) is 4.74 Å². The van der Waals surface area contributed by atoms with Crippen molar-refractivity contribution in [3.05, 3.63) is 65.7 Å². The minimum absolute atomic E-state index is 0.145. The number of rotatable bonds is 7. The van der Waals surface area contributed by atoms with Crippen LogP contribution in [0.2, 0.25) is 0 Å². The van der Waals surface area contributed by atoms with E-state index in [0.717, 1.165) is 19.0 Å². The molecule has 1 saturated heterocycles. The van der Waals surface area contributed by atoms with Crippen molar-refractivity contribution < 1.29 is 9.53 Å². The highest BCUT2D eigenvalue weighted by Crippen LogP contribution is 2.26. The normalized spacial score (nSPS) is 17.1. The molecule has 1 N–H and O–H groups in total. The summed E-state index contributed by atoms with van der Waals surface area (Å²) in [5.74, 6) is 1.01. The van der Waals surface area contributed by atoms with Crippen molar-refractivity contribution in [1.29, 1.82) is 5.26 Å². The predicted octanol–water partition coefficient (Wildman–Crippen LogP) is 3.91. The number of ether oxygens (including phenoxy) is 1. The van der Waals surface area contributed by atoms with Crippen molar-refractivity contribution in [3.63, 3.8) is 0 Å². The molecular formula is C24H29N3O2. The zero-order chi connectivity index (χ0) is 20.6. The van der Waals surface area contributed by atoms with E-state index >= 15 is 0 Å². The van der Waals surface area contributed by atoms with Gasteiger partial charge in [0.25, 0.3) is 5.91 Å². The largest absolute Gasteiger partial charge is 0.480 e. The molecule has 29 heavy (non-hydrogen) atoms. The number of nitrogens with one attached hydrogen (secondary N) is 1. The maximum absolute atomic E-state index is 12.7. The van der Waals surface area contributed by atoms with E-state index < -0.39 is 6.10 Å². The van der Waals surface area contributed by atoms with Crippen molar-refractivity contribution in [2.75, 3.05) is 19.6 Å². The van der Waals surface area contributed by atoms with Crippen LogP contribution < -0.4 is 10.1 Å². The van der Waals surface area contributed by atoms with E-state index in [1.54, 1.807) is 31.2 Å². The zero-order valence-corrected chi connectivity index (χ0v) is 17.2. The molecule has 1 aliphatic rings. The summed E-state index contributed by atoms with van der Waals surface area (Å²) in [5.41, 5.74) is 1.64. The molecule has 0 radical (unpaired) electrons. The summed E-state index contributed by atoms with van der Waals surface area (Å²) in [4.78, 5) is 15.1. The third-order valence-electron chi connectivity index (χ3n) is 5.59. The molecule has 1 amide bonds. The summed E-state index contributed by atoms with van der Waals surface area (Å²) < 4.78 is 5.75. The summed E-state index contributed by atoms with van der Waals surface area (Å²) in [5, 5.41) is 12.3. The molecule has 3 rings (SSSR count). The van der Waals surface area contributed by atoms with E-state index in [1.807, 2.05) is 18.2 Å². The Morgan fingerprint density at radius 3 is 2.52 bits per heavy atom. The van der Waals surface area contributed by atoms with Crippen LogP contribution in [0.1, 0.15) is 43.9 Å². The van der Waals surface area contributed by atoms with Gasteiger partial charge in [-0.2, -0.15) is 5.26 Å². The summed E-state index contributed by atoms with van der Waals surface area (Å²) in [6, 6.07) is 19.6. The number of hydrogen-bond donors (Lipinski definition) is 1. The van der Waals surface area contributed by atoms with Gasteiger partial charge < -0.3 is 10.1 Å². The van der Waals surface area contributed by atoms with Gasteiger partial charge in [0.05, 0.1) is 11.6 Å².